The molecule has 0 bridgehead atoms. The Bertz CT molecular complexity index is 235. The molecule has 4 heteroatoms. The molecule has 4 nitrogen and oxygen atoms in total. The second kappa shape index (κ2) is 4.39. The number of nitrogens with zero attached hydrogens (tertiary/aromatic N) is 1. The Kier molecular flexibility index (Phi) is 3.14. The van der Waals surface area contributed by atoms with Crippen LogP contribution in [-0.2, 0) is 4.74 Å². The van der Waals surface area contributed by atoms with E-state index in [9.17, 15) is 4.79 Å². The molecule has 1 unspecified atom stereocenters. The van der Waals surface area contributed by atoms with E-state index in [1.54, 1.807) is 0 Å². The molecular formula is C11H20N2O2. The molecule has 2 saturated heterocycles. The lowest BCUT2D eigenvalue weighted by Gasteiger charge is -2.36. The van der Waals surface area contributed by atoms with Gasteiger partial charge in [0.25, 0.3) is 0 Å². The Balaban J connectivity index is 1.80. The number of nitrogens with one attached hydrogen (secondary N) is 1. The zero-order chi connectivity index (χ0) is 10.8. The van der Waals surface area contributed by atoms with Crippen LogP contribution in [0.3, 0.4) is 0 Å². The van der Waals surface area contributed by atoms with Gasteiger partial charge in [-0.05, 0) is 45.7 Å². The molecule has 2 rings (SSSR count). The van der Waals surface area contributed by atoms with E-state index in [0.29, 0.717) is 18.6 Å². The molecule has 0 aliphatic carbocycles. The van der Waals surface area contributed by atoms with Crippen molar-refractivity contribution in [2.24, 2.45) is 5.92 Å². The quantitative estimate of drug-likeness (QED) is 0.748. The minimum Gasteiger partial charge on any atom is -0.447 e. The summed E-state index contributed by atoms with van der Waals surface area (Å²) in [5.74, 6) is 0.603. The summed E-state index contributed by atoms with van der Waals surface area (Å²) in [7, 11) is 0. The van der Waals surface area contributed by atoms with E-state index in [1.165, 1.54) is 12.8 Å². The van der Waals surface area contributed by atoms with Gasteiger partial charge < -0.3 is 15.0 Å². The predicted molar refractivity (Wildman–Crippen MR) is 57.7 cm³/mol. The van der Waals surface area contributed by atoms with Crippen molar-refractivity contribution >= 4 is 6.09 Å². The number of ether oxygens (including phenoxy) is 1. The van der Waals surface area contributed by atoms with Gasteiger partial charge in [0.05, 0.1) is 6.04 Å². The molecule has 0 aromatic heterocycles. The van der Waals surface area contributed by atoms with E-state index in [0.717, 1.165) is 13.1 Å². The molecule has 2 aliphatic rings. The average Bonchev–Trinajstić information content (AvgIpc) is 2.65. The number of amides is 1. The maximum absolute atomic E-state index is 10.9. The van der Waals surface area contributed by atoms with Crippen molar-refractivity contribution in [3.8, 4) is 0 Å². The largest absolute Gasteiger partial charge is 0.447 e. The number of rotatable bonds is 2. The van der Waals surface area contributed by atoms with Crippen LogP contribution >= 0.6 is 0 Å². The van der Waals surface area contributed by atoms with Gasteiger partial charge in [-0.3, -0.25) is 0 Å². The number of cyclic esters (lactones) is 1. The van der Waals surface area contributed by atoms with E-state index >= 15 is 0 Å². The van der Waals surface area contributed by atoms with Crippen molar-refractivity contribution in [1.29, 1.82) is 0 Å². The molecule has 2 fully saturated rings. The monoisotopic (exact) mass is 212 g/mol. The summed E-state index contributed by atoms with van der Waals surface area (Å²) in [5, 5.41) is 2.89. The Morgan fingerprint density at radius 3 is 2.53 bits per heavy atom. The lowest BCUT2D eigenvalue weighted by molar-refractivity contribution is 0.128. The molecule has 0 aromatic rings. The van der Waals surface area contributed by atoms with E-state index in [4.69, 9.17) is 4.74 Å². The van der Waals surface area contributed by atoms with Crippen LogP contribution in [0.5, 0.6) is 0 Å². The Morgan fingerprint density at radius 1 is 1.40 bits per heavy atom. The van der Waals surface area contributed by atoms with E-state index in [2.05, 4.69) is 24.1 Å². The van der Waals surface area contributed by atoms with Crippen LogP contribution in [-0.4, -0.2) is 42.8 Å². The van der Waals surface area contributed by atoms with Crippen molar-refractivity contribution in [1.82, 2.24) is 10.2 Å². The first-order valence-electron chi connectivity index (χ1n) is 5.84. The van der Waals surface area contributed by atoms with Crippen LogP contribution in [0.2, 0.25) is 0 Å². The summed E-state index contributed by atoms with van der Waals surface area (Å²) in [4.78, 5) is 13.4. The minimum atomic E-state index is -0.244. The molecule has 2 heterocycles. The zero-order valence-electron chi connectivity index (χ0n) is 9.53. The Morgan fingerprint density at radius 2 is 2.07 bits per heavy atom. The van der Waals surface area contributed by atoms with Gasteiger partial charge in [-0.1, -0.05) is 0 Å². The van der Waals surface area contributed by atoms with Gasteiger partial charge in [0.15, 0.2) is 0 Å². The molecule has 2 aliphatic heterocycles. The number of piperidine rings is 1. The first kappa shape index (κ1) is 10.7. The molecule has 1 N–H and O–H groups in total. The molecule has 0 radical (unpaired) electrons. The summed E-state index contributed by atoms with van der Waals surface area (Å²) in [6.07, 6.45) is 2.10. The van der Waals surface area contributed by atoms with Gasteiger partial charge >= 0.3 is 6.09 Å². The highest BCUT2D eigenvalue weighted by Gasteiger charge is 2.32. The van der Waals surface area contributed by atoms with Crippen LogP contribution in [0.15, 0.2) is 0 Å². The van der Waals surface area contributed by atoms with Crippen LogP contribution in [0.1, 0.15) is 26.7 Å². The van der Waals surface area contributed by atoms with Crippen molar-refractivity contribution in [3.05, 3.63) is 0 Å². The van der Waals surface area contributed by atoms with E-state index < -0.39 is 0 Å². The summed E-state index contributed by atoms with van der Waals surface area (Å²) in [6.45, 7) is 7.33. The van der Waals surface area contributed by atoms with Crippen molar-refractivity contribution in [3.63, 3.8) is 0 Å². The number of carbonyl (C=O) groups excluding carboxylic acids is 1. The molecule has 1 atom stereocenters. The predicted octanol–water partition coefficient (Wildman–Crippen LogP) is 1.22. The van der Waals surface area contributed by atoms with Gasteiger partial charge in [0.1, 0.15) is 6.61 Å². The smallest absolute Gasteiger partial charge is 0.407 e. The van der Waals surface area contributed by atoms with Crippen LogP contribution in [0.25, 0.3) is 0 Å². The number of likely N-dealkylation sites (tertiary alicyclic amines) is 1. The highest BCUT2D eigenvalue weighted by Crippen LogP contribution is 2.23. The third-order valence-corrected chi connectivity index (χ3v) is 3.57. The Hall–Kier alpha value is -0.770. The summed E-state index contributed by atoms with van der Waals surface area (Å²) in [5.41, 5.74) is 0. The number of hydrogen-bond acceptors (Lipinski definition) is 3. The third-order valence-electron chi connectivity index (χ3n) is 3.57. The highest BCUT2D eigenvalue weighted by molar-refractivity contribution is 5.69. The second-order valence-corrected chi connectivity index (χ2v) is 4.82. The maximum Gasteiger partial charge on any atom is 0.407 e. The molecule has 86 valence electrons. The van der Waals surface area contributed by atoms with Crippen LogP contribution in [0.4, 0.5) is 4.79 Å². The fourth-order valence-electron chi connectivity index (χ4n) is 2.49. The summed E-state index contributed by atoms with van der Waals surface area (Å²) in [6, 6.07) is 0.896. The standard InChI is InChI=1S/C11H20N2O2/c1-8(2)13-5-3-9(4-6-13)10-7-15-11(14)12-10/h8-10H,3-7H2,1-2H3,(H,12,14). The summed E-state index contributed by atoms with van der Waals surface area (Å²) >= 11 is 0. The molecule has 15 heavy (non-hydrogen) atoms. The topological polar surface area (TPSA) is 41.6 Å². The van der Waals surface area contributed by atoms with E-state index in [-0.39, 0.29) is 12.1 Å². The number of alkyl carbamates (subject to hydrolysis) is 1. The normalized spacial score (nSPS) is 29.3. The average molecular weight is 212 g/mol. The van der Waals surface area contributed by atoms with Crippen molar-refractivity contribution in [2.45, 2.75) is 38.8 Å². The first-order chi connectivity index (χ1) is 7.16. The third kappa shape index (κ3) is 2.43. The van der Waals surface area contributed by atoms with Gasteiger partial charge in [-0.25, -0.2) is 4.79 Å². The SMILES string of the molecule is CC(C)N1CCC(C2COC(=O)N2)CC1. The van der Waals surface area contributed by atoms with Crippen LogP contribution in [0, 0.1) is 5.92 Å². The van der Waals surface area contributed by atoms with Gasteiger partial charge in [-0.15, -0.1) is 0 Å². The zero-order valence-corrected chi connectivity index (χ0v) is 9.53. The minimum absolute atomic E-state index is 0.244. The molecular weight excluding hydrogens is 192 g/mol. The highest BCUT2D eigenvalue weighted by atomic mass is 16.6. The molecule has 0 aromatic carbocycles. The number of hydrogen-bond donors (Lipinski definition) is 1. The van der Waals surface area contributed by atoms with Crippen molar-refractivity contribution in [2.75, 3.05) is 19.7 Å². The van der Waals surface area contributed by atoms with Gasteiger partial charge in [0, 0.05) is 6.04 Å². The maximum atomic E-state index is 10.9. The lowest BCUT2D eigenvalue weighted by atomic mass is 9.89. The molecule has 0 spiro atoms. The lowest BCUT2D eigenvalue weighted by Crippen LogP contribution is -2.44. The molecule has 1 amide bonds. The second-order valence-electron chi connectivity index (χ2n) is 4.82. The van der Waals surface area contributed by atoms with Gasteiger partial charge in [0.2, 0.25) is 0 Å². The van der Waals surface area contributed by atoms with Crippen LogP contribution < -0.4 is 5.32 Å². The number of carbonyl (C=O) groups is 1. The fraction of sp³-hybridized carbons (Fsp3) is 0.909. The summed E-state index contributed by atoms with van der Waals surface area (Å²) < 4.78 is 4.93. The fourth-order valence-corrected chi connectivity index (χ4v) is 2.49. The molecule has 0 saturated carbocycles. The first-order valence-corrected chi connectivity index (χ1v) is 5.84. The Labute approximate surface area is 91.0 Å². The van der Waals surface area contributed by atoms with Crippen molar-refractivity contribution < 1.29 is 9.53 Å². The van der Waals surface area contributed by atoms with Gasteiger partial charge in [-0.2, -0.15) is 0 Å². The van der Waals surface area contributed by atoms with E-state index in [1.807, 2.05) is 0 Å².